The van der Waals surface area contributed by atoms with Crippen LogP contribution in [0.2, 0.25) is 0 Å². The van der Waals surface area contributed by atoms with E-state index < -0.39 is 0 Å². The molecule has 0 aliphatic carbocycles. The van der Waals surface area contributed by atoms with Crippen LogP contribution in [0.1, 0.15) is 6.42 Å². The van der Waals surface area contributed by atoms with Crippen LogP contribution in [0.3, 0.4) is 0 Å². The van der Waals surface area contributed by atoms with Crippen LogP contribution >= 0.6 is 0 Å². The summed E-state index contributed by atoms with van der Waals surface area (Å²) in [6.45, 7) is 0. The molecule has 0 fully saturated rings. The molecule has 9 heteroatoms. The molecule has 0 saturated heterocycles. The highest BCUT2D eigenvalue weighted by atomic mass is 16.5. The number of hydrogen-bond acceptors (Lipinski definition) is 7. The van der Waals surface area contributed by atoms with Gasteiger partial charge in [0.1, 0.15) is 17.9 Å². The van der Waals surface area contributed by atoms with Gasteiger partial charge in [0, 0.05) is 24.7 Å². The molecular weight excluding hydrogens is 372 g/mol. The van der Waals surface area contributed by atoms with Crippen molar-refractivity contribution in [2.45, 2.75) is 6.42 Å². The summed E-state index contributed by atoms with van der Waals surface area (Å²) in [5, 5.41) is 3.13. The molecule has 142 valence electrons. The van der Waals surface area contributed by atoms with Crippen molar-refractivity contribution in [1.29, 1.82) is 0 Å². The smallest absolute Gasteiger partial charge is 0.259 e. The average molecular weight is 386 g/mol. The standard InChI is InChI=1S/C20H14N6O3/c27-16-6-2-9-29-14-5-1-4-13(10-14)23-11-15-17-18(22-8-3-7-21-16)24-12-25-19(17)26-20(15)28/h1-5,7-12H,6H2,(H,22,24,25,26,28)/b8-3-,9-2-,21-7?,23-11?. The Morgan fingerprint density at radius 1 is 1.10 bits per heavy atom. The lowest BCUT2D eigenvalue weighted by molar-refractivity contribution is -0.117. The monoisotopic (exact) mass is 386 g/mol. The van der Waals surface area contributed by atoms with E-state index in [2.05, 4.69) is 30.3 Å². The molecule has 2 amide bonds. The Kier molecular flexibility index (Phi) is 5.10. The zero-order chi connectivity index (χ0) is 20.1. The normalized spacial score (nSPS) is 18.0. The van der Waals surface area contributed by atoms with Gasteiger partial charge in [0.2, 0.25) is 5.91 Å². The summed E-state index contributed by atoms with van der Waals surface area (Å²) >= 11 is 0. The maximum Gasteiger partial charge on any atom is 0.259 e. The molecule has 0 unspecified atom stereocenters. The quantitative estimate of drug-likeness (QED) is 0.725. The minimum atomic E-state index is -0.346. The molecule has 2 bridgehead atoms. The van der Waals surface area contributed by atoms with Gasteiger partial charge in [-0.05, 0) is 24.3 Å². The fourth-order valence-corrected chi connectivity index (χ4v) is 2.61. The number of amides is 2. The van der Waals surface area contributed by atoms with E-state index in [4.69, 9.17) is 4.74 Å². The Labute approximate surface area is 164 Å². The first kappa shape index (κ1) is 18.1. The van der Waals surface area contributed by atoms with Crippen molar-refractivity contribution < 1.29 is 14.3 Å². The molecule has 0 radical (unpaired) electrons. The van der Waals surface area contributed by atoms with Gasteiger partial charge >= 0.3 is 0 Å². The van der Waals surface area contributed by atoms with E-state index >= 15 is 0 Å². The van der Waals surface area contributed by atoms with E-state index in [0.717, 1.165) is 0 Å². The molecule has 0 atom stereocenters. The van der Waals surface area contributed by atoms with Crippen LogP contribution in [-0.4, -0.2) is 34.2 Å². The first-order valence-electron chi connectivity index (χ1n) is 8.63. The Morgan fingerprint density at radius 2 is 2.03 bits per heavy atom. The molecule has 0 spiro atoms. The van der Waals surface area contributed by atoms with Gasteiger partial charge in [-0.15, -0.1) is 0 Å². The summed E-state index contributed by atoms with van der Waals surface area (Å²) < 4.78 is 5.49. The van der Waals surface area contributed by atoms with Gasteiger partial charge in [-0.2, -0.15) is 0 Å². The number of carbonyl (C=O) groups excluding carboxylic acids is 2. The number of fused-ring (bicyclic) bond motifs is 2. The molecule has 3 heterocycles. The maximum absolute atomic E-state index is 12.4. The van der Waals surface area contributed by atoms with Gasteiger partial charge < -0.3 is 10.1 Å². The van der Waals surface area contributed by atoms with Crippen molar-refractivity contribution in [3.63, 3.8) is 0 Å². The maximum atomic E-state index is 12.4. The summed E-state index contributed by atoms with van der Waals surface area (Å²) in [5.74, 6) is 0.221. The first-order chi connectivity index (χ1) is 14.2. The van der Waals surface area contributed by atoms with Gasteiger partial charge in [0.15, 0.2) is 5.49 Å². The number of anilines is 1. The molecular formula is C20H14N6O3. The van der Waals surface area contributed by atoms with Gasteiger partial charge in [0.05, 0.1) is 29.2 Å². The third-order valence-corrected chi connectivity index (χ3v) is 3.91. The predicted molar refractivity (Wildman–Crippen MR) is 106 cm³/mol. The van der Waals surface area contributed by atoms with Gasteiger partial charge in [-0.25, -0.2) is 20.0 Å². The number of nitrogens with one attached hydrogen (secondary N) is 1. The Hall–Kier alpha value is -4.27. The van der Waals surface area contributed by atoms with Crippen LogP contribution < -0.4 is 20.8 Å². The van der Waals surface area contributed by atoms with Crippen molar-refractivity contribution in [3.05, 3.63) is 65.9 Å². The topological polar surface area (TPSA) is 118 Å². The van der Waals surface area contributed by atoms with E-state index in [0.29, 0.717) is 33.5 Å². The molecule has 1 N–H and O–H groups in total. The van der Waals surface area contributed by atoms with Gasteiger partial charge in [-0.1, -0.05) is 6.07 Å². The van der Waals surface area contributed by atoms with Crippen LogP contribution in [0.25, 0.3) is 5.57 Å². The number of nitrogens with zero attached hydrogens (tertiary/aromatic N) is 5. The summed E-state index contributed by atoms with van der Waals surface area (Å²) in [4.78, 5) is 44.7. The summed E-state index contributed by atoms with van der Waals surface area (Å²) in [5.41, 5.74) is 1.18. The second-order valence-electron chi connectivity index (χ2n) is 5.88. The zero-order valence-corrected chi connectivity index (χ0v) is 15.0. The van der Waals surface area contributed by atoms with E-state index in [9.17, 15) is 9.59 Å². The summed E-state index contributed by atoms with van der Waals surface area (Å²) in [6, 6.07) is 6.99. The second-order valence-corrected chi connectivity index (χ2v) is 5.88. The number of benzene rings is 1. The van der Waals surface area contributed by atoms with Crippen molar-refractivity contribution in [2.24, 2.45) is 15.0 Å². The van der Waals surface area contributed by atoms with E-state index in [1.165, 1.54) is 37.3 Å². The van der Waals surface area contributed by atoms with Crippen LogP contribution in [0.5, 0.6) is 5.75 Å². The second kappa shape index (κ2) is 8.17. The molecule has 4 rings (SSSR count). The largest absolute Gasteiger partial charge is 0.465 e. The number of hydrogen-bond donors (Lipinski definition) is 1. The molecule has 1 aromatic carbocycles. The van der Waals surface area contributed by atoms with Crippen LogP contribution in [0, 0.1) is 0 Å². The lowest BCUT2D eigenvalue weighted by Crippen LogP contribution is -2.30. The zero-order valence-electron chi connectivity index (χ0n) is 15.0. The summed E-state index contributed by atoms with van der Waals surface area (Å²) in [6.07, 6.45) is 10.1. The summed E-state index contributed by atoms with van der Waals surface area (Å²) in [7, 11) is 0. The number of aliphatic imine (C=N–C) groups is 2. The van der Waals surface area contributed by atoms with Crippen molar-refractivity contribution >= 4 is 41.3 Å². The van der Waals surface area contributed by atoms with Crippen LogP contribution in [0.4, 0.5) is 11.5 Å². The SMILES string of the molecule is O=C1C/C=C\Oc2cccc(c2)N=CC2=c3c(ncnc3=N/C=C\C=N1)NC2=O. The minimum absolute atomic E-state index is 0.102. The third kappa shape index (κ3) is 4.19. The Bertz CT molecular complexity index is 1230. The Morgan fingerprint density at radius 3 is 2.97 bits per heavy atom. The minimum Gasteiger partial charge on any atom is -0.465 e. The number of ether oxygens (including phenoxy) is 1. The van der Waals surface area contributed by atoms with E-state index in [1.807, 2.05) is 0 Å². The lowest BCUT2D eigenvalue weighted by Gasteiger charge is -2.01. The number of allylic oxidation sites excluding steroid dienone is 1. The first-order valence-corrected chi connectivity index (χ1v) is 8.63. The van der Waals surface area contributed by atoms with Crippen LogP contribution in [-0.2, 0) is 9.59 Å². The van der Waals surface area contributed by atoms with Crippen molar-refractivity contribution in [2.75, 3.05) is 5.32 Å². The molecule has 2 aliphatic rings. The van der Waals surface area contributed by atoms with Gasteiger partial charge in [0.25, 0.3) is 5.91 Å². The van der Waals surface area contributed by atoms with E-state index in [1.54, 1.807) is 30.3 Å². The van der Waals surface area contributed by atoms with Crippen LogP contribution in [0.15, 0.2) is 70.2 Å². The molecule has 29 heavy (non-hydrogen) atoms. The van der Waals surface area contributed by atoms with Gasteiger partial charge in [-0.3, -0.25) is 14.6 Å². The molecule has 2 aliphatic heterocycles. The highest BCUT2D eigenvalue weighted by molar-refractivity contribution is 6.40. The number of aromatic nitrogens is 2. The molecule has 1 aromatic heterocycles. The third-order valence-electron chi connectivity index (χ3n) is 3.91. The highest BCUT2D eigenvalue weighted by Crippen LogP contribution is 2.20. The fraction of sp³-hybridized carbons (Fsp3) is 0.0500. The molecule has 9 nitrogen and oxygen atoms in total. The number of carbonyl (C=O) groups is 2. The average Bonchev–Trinajstić information content (AvgIpc) is 3.05. The fourth-order valence-electron chi connectivity index (χ4n) is 2.61. The molecule has 2 aromatic rings. The lowest BCUT2D eigenvalue weighted by atomic mass is 10.2. The number of rotatable bonds is 0. The Balaban J connectivity index is 1.86. The van der Waals surface area contributed by atoms with Crippen molar-refractivity contribution in [1.82, 2.24) is 9.97 Å². The van der Waals surface area contributed by atoms with Crippen molar-refractivity contribution in [3.8, 4) is 5.75 Å². The highest BCUT2D eigenvalue weighted by Gasteiger charge is 2.21. The van der Waals surface area contributed by atoms with E-state index in [-0.39, 0.29) is 18.2 Å². The predicted octanol–water partition coefficient (Wildman–Crippen LogP) is 1.01. The molecule has 0 saturated carbocycles.